The molecule has 0 bridgehead atoms. The summed E-state index contributed by atoms with van der Waals surface area (Å²) in [6, 6.07) is 17.6. The van der Waals surface area contributed by atoms with Gasteiger partial charge in [0, 0.05) is 25.9 Å². The highest BCUT2D eigenvalue weighted by Crippen LogP contribution is 2.30. The number of anilines is 3. The number of esters is 1. The number of aryl methyl sites for hydroxylation is 2. The Morgan fingerprint density at radius 2 is 1.79 bits per heavy atom. The lowest BCUT2D eigenvalue weighted by Crippen LogP contribution is -2.35. The fourth-order valence-corrected chi connectivity index (χ4v) is 5.21. The molecule has 0 saturated carbocycles. The van der Waals surface area contributed by atoms with Crippen molar-refractivity contribution < 1.29 is 9.53 Å². The van der Waals surface area contributed by atoms with Crippen LogP contribution in [0.3, 0.4) is 0 Å². The summed E-state index contributed by atoms with van der Waals surface area (Å²) >= 11 is 0. The van der Waals surface area contributed by atoms with Crippen LogP contribution in [0.15, 0.2) is 53.3 Å². The summed E-state index contributed by atoms with van der Waals surface area (Å²) < 4.78 is 6.58. The van der Waals surface area contributed by atoms with Crippen molar-refractivity contribution in [2.24, 2.45) is 5.92 Å². The van der Waals surface area contributed by atoms with Crippen LogP contribution in [0.4, 0.5) is 17.5 Å². The number of hydrogen-bond acceptors (Lipinski definition) is 10. The van der Waals surface area contributed by atoms with Crippen molar-refractivity contribution in [2.45, 2.75) is 46.0 Å². The van der Waals surface area contributed by atoms with Crippen LogP contribution in [0.25, 0.3) is 16.6 Å². The number of aromatic nitrogens is 4. The van der Waals surface area contributed by atoms with Gasteiger partial charge in [0.05, 0.1) is 35.1 Å². The SMILES string of the molecule is CCCc1nc2cccc(N3CCC(CC(=O)OC)CC3)c2c(=O)n1-c1ccccc1.Cc1nc(N)nc(N)c1C#N. The summed E-state index contributed by atoms with van der Waals surface area (Å²) in [5, 5.41) is 9.20. The number of nitrogens with zero attached hydrogens (tertiary/aromatic N) is 6. The van der Waals surface area contributed by atoms with E-state index in [9.17, 15) is 9.59 Å². The molecule has 2 aromatic carbocycles. The Hall–Kier alpha value is -4.98. The maximum Gasteiger partial charge on any atom is 0.305 e. The molecular weight excluding hydrogens is 532 g/mol. The molecule has 0 spiro atoms. The smallest absolute Gasteiger partial charge is 0.305 e. The van der Waals surface area contributed by atoms with Gasteiger partial charge in [-0.25, -0.2) is 9.97 Å². The third kappa shape index (κ3) is 6.66. The highest BCUT2D eigenvalue weighted by atomic mass is 16.5. The Morgan fingerprint density at radius 3 is 2.40 bits per heavy atom. The maximum absolute atomic E-state index is 13.8. The first-order valence-electron chi connectivity index (χ1n) is 14.0. The molecule has 5 rings (SSSR count). The van der Waals surface area contributed by atoms with E-state index in [0.29, 0.717) is 29.0 Å². The molecule has 0 atom stereocenters. The molecule has 11 heteroatoms. The number of nitrogen functional groups attached to an aromatic ring is 2. The monoisotopic (exact) mass is 568 g/mol. The second-order valence-electron chi connectivity index (χ2n) is 10.2. The summed E-state index contributed by atoms with van der Waals surface area (Å²) in [4.78, 5) is 39.9. The third-order valence-corrected chi connectivity index (χ3v) is 7.32. The number of piperidine rings is 1. The molecule has 1 fully saturated rings. The normalized spacial score (nSPS) is 13.2. The number of hydrogen-bond donors (Lipinski definition) is 2. The molecule has 0 amide bonds. The van der Waals surface area contributed by atoms with Crippen molar-refractivity contribution in [3.8, 4) is 11.8 Å². The molecule has 1 saturated heterocycles. The molecule has 4 aromatic rings. The number of para-hydroxylation sites is 1. The zero-order valence-electron chi connectivity index (χ0n) is 24.2. The van der Waals surface area contributed by atoms with Crippen molar-refractivity contribution >= 4 is 34.3 Å². The molecule has 0 aliphatic carbocycles. The predicted molar refractivity (Wildman–Crippen MR) is 163 cm³/mol. The van der Waals surface area contributed by atoms with Crippen LogP contribution < -0.4 is 21.9 Å². The van der Waals surface area contributed by atoms with Crippen LogP contribution in [-0.2, 0) is 16.0 Å². The minimum Gasteiger partial charge on any atom is -0.469 e. The Kier molecular flexibility index (Phi) is 9.70. The van der Waals surface area contributed by atoms with E-state index < -0.39 is 0 Å². The van der Waals surface area contributed by atoms with Crippen molar-refractivity contribution in [2.75, 3.05) is 36.6 Å². The number of ether oxygens (including phenoxy) is 1. The van der Waals surface area contributed by atoms with Gasteiger partial charge in [-0.3, -0.25) is 14.2 Å². The molecule has 1 aliphatic rings. The molecule has 0 radical (unpaired) electrons. The van der Waals surface area contributed by atoms with E-state index in [2.05, 4.69) is 21.8 Å². The summed E-state index contributed by atoms with van der Waals surface area (Å²) in [6.45, 7) is 5.37. The number of carbonyl (C=O) groups excluding carboxylic acids is 1. The summed E-state index contributed by atoms with van der Waals surface area (Å²) in [6.07, 6.45) is 3.92. The van der Waals surface area contributed by atoms with E-state index >= 15 is 0 Å². The van der Waals surface area contributed by atoms with E-state index in [4.69, 9.17) is 26.5 Å². The highest BCUT2D eigenvalue weighted by molar-refractivity contribution is 5.91. The predicted octanol–water partition coefficient (Wildman–Crippen LogP) is 3.94. The van der Waals surface area contributed by atoms with Gasteiger partial charge < -0.3 is 21.1 Å². The topological polar surface area (TPSA) is 166 Å². The fraction of sp³-hybridized carbons (Fsp3) is 0.355. The molecule has 3 heterocycles. The Labute approximate surface area is 244 Å². The second-order valence-corrected chi connectivity index (χ2v) is 10.2. The van der Waals surface area contributed by atoms with Gasteiger partial charge in [0.25, 0.3) is 5.56 Å². The van der Waals surface area contributed by atoms with E-state index in [0.717, 1.165) is 61.5 Å². The van der Waals surface area contributed by atoms with E-state index in [1.807, 2.05) is 54.6 Å². The number of carbonyl (C=O) groups is 1. The van der Waals surface area contributed by atoms with Gasteiger partial charge >= 0.3 is 5.97 Å². The van der Waals surface area contributed by atoms with Crippen LogP contribution in [0.2, 0.25) is 0 Å². The van der Waals surface area contributed by atoms with Crippen LogP contribution in [0.1, 0.15) is 49.7 Å². The quantitative estimate of drug-likeness (QED) is 0.325. The van der Waals surface area contributed by atoms with E-state index in [1.165, 1.54) is 7.11 Å². The van der Waals surface area contributed by atoms with Gasteiger partial charge in [0.2, 0.25) is 5.95 Å². The Morgan fingerprint density at radius 1 is 1.07 bits per heavy atom. The number of fused-ring (bicyclic) bond motifs is 1. The largest absolute Gasteiger partial charge is 0.469 e. The van der Waals surface area contributed by atoms with Crippen LogP contribution in [-0.4, -0.2) is 45.7 Å². The first-order chi connectivity index (χ1) is 20.3. The number of nitrogens with two attached hydrogens (primary N) is 2. The summed E-state index contributed by atoms with van der Waals surface area (Å²) in [5.74, 6) is 1.20. The zero-order valence-corrected chi connectivity index (χ0v) is 24.2. The van der Waals surface area contributed by atoms with Gasteiger partial charge in [-0.1, -0.05) is 31.2 Å². The van der Waals surface area contributed by atoms with Crippen LogP contribution >= 0.6 is 0 Å². The number of methoxy groups -OCH3 is 1. The van der Waals surface area contributed by atoms with Crippen LogP contribution in [0, 0.1) is 24.2 Å². The van der Waals surface area contributed by atoms with Crippen molar-refractivity contribution in [3.05, 3.63) is 76.0 Å². The lowest BCUT2D eigenvalue weighted by atomic mass is 9.93. The highest BCUT2D eigenvalue weighted by Gasteiger charge is 2.24. The molecule has 2 aromatic heterocycles. The molecule has 42 heavy (non-hydrogen) atoms. The lowest BCUT2D eigenvalue weighted by Gasteiger charge is -2.33. The molecule has 218 valence electrons. The average molecular weight is 569 g/mol. The van der Waals surface area contributed by atoms with Gasteiger partial charge in [-0.15, -0.1) is 0 Å². The van der Waals surface area contributed by atoms with Gasteiger partial charge in [-0.05, 0) is 56.4 Å². The van der Waals surface area contributed by atoms with E-state index in [1.54, 1.807) is 11.5 Å². The lowest BCUT2D eigenvalue weighted by molar-refractivity contribution is -0.141. The maximum atomic E-state index is 13.8. The minimum absolute atomic E-state index is 0.0214. The average Bonchev–Trinajstić information content (AvgIpc) is 2.98. The molecule has 4 N–H and O–H groups in total. The molecule has 11 nitrogen and oxygen atoms in total. The van der Waals surface area contributed by atoms with Gasteiger partial charge in [0.15, 0.2) is 0 Å². The molecule has 1 aliphatic heterocycles. The van der Waals surface area contributed by atoms with Gasteiger partial charge in [-0.2, -0.15) is 10.2 Å². The summed E-state index contributed by atoms with van der Waals surface area (Å²) in [7, 11) is 1.44. The minimum atomic E-state index is -0.151. The standard InChI is InChI=1S/C25H29N3O3.C6H7N5/c1-3-8-22-26-20-11-7-12-21(27-15-13-18(14-16-27)17-23(29)31-2)24(20)25(30)28(22)19-9-5-4-6-10-19;1-3-4(2-7)5(8)11-6(9)10-3/h4-7,9-12,18H,3,8,13-17H2,1-2H3;1H3,(H4,8,9,10,11). The first kappa shape index (κ1) is 30.0. The number of nitriles is 1. The van der Waals surface area contributed by atoms with Crippen molar-refractivity contribution in [3.63, 3.8) is 0 Å². The second kappa shape index (κ2) is 13.6. The number of rotatable bonds is 6. The molecular formula is C31H36N8O3. The Balaban J connectivity index is 0.000000310. The molecule has 0 unspecified atom stereocenters. The van der Waals surface area contributed by atoms with Crippen molar-refractivity contribution in [1.82, 2.24) is 19.5 Å². The fourth-order valence-electron chi connectivity index (χ4n) is 5.21. The Bertz CT molecular complexity index is 1630. The van der Waals surface area contributed by atoms with Gasteiger partial charge in [0.1, 0.15) is 23.3 Å². The van der Waals surface area contributed by atoms with Crippen LogP contribution in [0.5, 0.6) is 0 Å². The van der Waals surface area contributed by atoms with E-state index in [-0.39, 0.29) is 23.3 Å². The third-order valence-electron chi connectivity index (χ3n) is 7.32. The first-order valence-corrected chi connectivity index (χ1v) is 14.0. The summed E-state index contributed by atoms with van der Waals surface area (Å²) in [5.41, 5.74) is 14.0. The number of benzene rings is 2. The zero-order chi connectivity index (χ0) is 30.2. The van der Waals surface area contributed by atoms with Crippen molar-refractivity contribution in [1.29, 1.82) is 5.26 Å².